The first-order chi connectivity index (χ1) is 11.2. The molecule has 2 aromatic rings. The number of nitrogens with one attached hydrogen (secondary N) is 1. The first kappa shape index (κ1) is 18.2. The lowest BCUT2D eigenvalue weighted by Crippen LogP contribution is -2.50. The highest BCUT2D eigenvalue weighted by atomic mass is 32.1. The molecule has 24 heavy (non-hydrogen) atoms. The topological polar surface area (TPSA) is 102 Å². The van der Waals surface area contributed by atoms with Crippen molar-refractivity contribution in [1.29, 1.82) is 0 Å². The van der Waals surface area contributed by atoms with Crippen molar-refractivity contribution in [2.24, 2.45) is 0 Å². The SMILES string of the molecule is COCC(C)(CC(=O)O)NC(=O)c1sc(-c2ccc(C)o2)nc1C. The van der Waals surface area contributed by atoms with E-state index < -0.39 is 11.5 Å². The highest BCUT2D eigenvalue weighted by Gasteiger charge is 2.31. The van der Waals surface area contributed by atoms with E-state index in [0.717, 1.165) is 5.76 Å². The smallest absolute Gasteiger partial charge is 0.305 e. The summed E-state index contributed by atoms with van der Waals surface area (Å²) in [5.74, 6) is -0.0224. The van der Waals surface area contributed by atoms with E-state index in [1.54, 1.807) is 19.9 Å². The van der Waals surface area contributed by atoms with E-state index in [2.05, 4.69) is 10.3 Å². The summed E-state index contributed by atoms with van der Waals surface area (Å²) in [5, 5.41) is 12.4. The van der Waals surface area contributed by atoms with Crippen LogP contribution in [0.15, 0.2) is 16.5 Å². The third kappa shape index (κ3) is 4.21. The van der Waals surface area contributed by atoms with Crippen LogP contribution in [0.4, 0.5) is 0 Å². The van der Waals surface area contributed by atoms with Gasteiger partial charge >= 0.3 is 5.97 Å². The Morgan fingerprint density at radius 3 is 2.67 bits per heavy atom. The zero-order chi connectivity index (χ0) is 17.9. The standard InChI is InChI=1S/C16H20N2O5S/c1-9-5-6-11(23-9)15-17-10(2)13(24-15)14(21)18-16(3,8-22-4)7-12(19)20/h5-6H,7-8H2,1-4H3,(H,18,21)(H,19,20). The molecule has 2 rings (SSSR count). The lowest BCUT2D eigenvalue weighted by molar-refractivity contribution is -0.139. The van der Waals surface area contributed by atoms with E-state index in [-0.39, 0.29) is 18.9 Å². The van der Waals surface area contributed by atoms with E-state index in [1.165, 1.54) is 18.4 Å². The van der Waals surface area contributed by atoms with Gasteiger partial charge in [0.25, 0.3) is 5.91 Å². The zero-order valence-electron chi connectivity index (χ0n) is 14.0. The van der Waals surface area contributed by atoms with Crippen molar-refractivity contribution < 1.29 is 23.8 Å². The van der Waals surface area contributed by atoms with Gasteiger partial charge in [0.05, 0.1) is 24.3 Å². The predicted octanol–water partition coefficient (Wildman–Crippen LogP) is 2.63. The number of furan rings is 1. The maximum Gasteiger partial charge on any atom is 0.305 e. The minimum Gasteiger partial charge on any atom is -0.481 e. The summed E-state index contributed by atoms with van der Waals surface area (Å²) in [7, 11) is 1.46. The molecule has 1 atom stereocenters. The molecule has 0 aliphatic rings. The molecule has 0 fully saturated rings. The Bertz CT molecular complexity index is 751. The number of carboxylic acid groups (broad SMARTS) is 1. The number of thiazole rings is 1. The Labute approximate surface area is 143 Å². The molecule has 0 aliphatic heterocycles. The van der Waals surface area contributed by atoms with Crippen LogP contribution in [0.2, 0.25) is 0 Å². The number of aliphatic carboxylic acids is 1. The van der Waals surface area contributed by atoms with Crippen LogP contribution in [0.25, 0.3) is 10.8 Å². The molecule has 7 nitrogen and oxygen atoms in total. The molecule has 0 bridgehead atoms. The van der Waals surface area contributed by atoms with Crippen LogP contribution in [0, 0.1) is 13.8 Å². The molecule has 8 heteroatoms. The molecular formula is C16H20N2O5S. The predicted molar refractivity (Wildman–Crippen MR) is 89.3 cm³/mol. The first-order valence-electron chi connectivity index (χ1n) is 7.31. The highest BCUT2D eigenvalue weighted by molar-refractivity contribution is 7.17. The van der Waals surface area contributed by atoms with Crippen molar-refractivity contribution in [1.82, 2.24) is 10.3 Å². The Kier molecular flexibility index (Phi) is 5.40. The van der Waals surface area contributed by atoms with Crippen LogP contribution in [-0.2, 0) is 9.53 Å². The third-order valence-corrected chi connectivity index (χ3v) is 4.54. The molecule has 2 aromatic heterocycles. The van der Waals surface area contributed by atoms with Gasteiger partial charge in [0.15, 0.2) is 10.8 Å². The van der Waals surface area contributed by atoms with Crippen LogP contribution in [0.5, 0.6) is 0 Å². The summed E-state index contributed by atoms with van der Waals surface area (Å²) in [6, 6.07) is 3.63. The Morgan fingerprint density at radius 2 is 2.12 bits per heavy atom. The van der Waals surface area contributed by atoms with Crippen molar-refractivity contribution in [2.75, 3.05) is 13.7 Å². The van der Waals surface area contributed by atoms with Crippen molar-refractivity contribution >= 4 is 23.2 Å². The molecule has 2 N–H and O–H groups in total. The molecule has 2 heterocycles. The fourth-order valence-corrected chi connectivity index (χ4v) is 3.30. The normalized spacial score (nSPS) is 13.5. The van der Waals surface area contributed by atoms with Gasteiger partial charge in [-0.3, -0.25) is 9.59 Å². The number of aromatic nitrogens is 1. The number of methoxy groups -OCH3 is 1. The second kappa shape index (κ2) is 7.14. The van der Waals surface area contributed by atoms with E-state index in [4.69, 9.17) is 14.3 Å². The summed E-state index contributed by atoms with van der Waals surface area (Å²) in [6.45, 7) is 5.29. The summed E-state index contributed by atoms with van der Waals surface area (Å²) in [4.78, 5) is 28.4. The summed E-state index contributed by atoms with van der Waals surface area (Å²) in [5.41, 5.74) is -0.438. The molecule has 0 radical (unpaired) electrons. The fourth-order valence-electron chi connectivity index (χ4n) is 2.38. The maximum absolute atomic E-state index is 12.6. The van der Waals surface area contributed by atoms with Gasteiger partial charge in [-0.05, 0) is 32.9 Å². The molecule has 0 saturated heterocycles. The number of hydrogen-bond acceptors (Lipinski definition) is 6. The molecule has 1 unspecified atom stereocenters. The average molecular weight is 352 g/mol. The van der Waals surface area contributed by atoms with Gasteiger partial charge in [0, 0.05) is 7.11 Å². The van der Waals surface area contributed by atoms with Crippen LogP contribution < -0.4 is 5.32 Å². The minimum absolute atomic E-state index is 0.0904. The number of ether oxygens (including phenoxy) is 1. The van der Waals surface area contributed by atoms with Gasteiger partial charge in [0.1, 0.15) is 10.6 Å². The number of aryl methyl sites for hydroxylation is 2. The molecular weight excluding hydrogens is 332 g/mol. The zero-order valence-corrected chi connectivity index (χ0v) is 14.8. The van der Waals surface area contributed by atoms with Gasteiger partial charge in [-0.15, -0.1) is 11.3 Å². The number of hydrogen-bond donors (Lipinski definition) is 2. The molecule has 0 aliphatic carbocycles. The Hall–Kier alpha value is -2.19. The van der Waals surface area contributed by atoms with Crippen molar-refractivity contribution in [3.8, 4) is 10.8 Å². The lowest BCUT2D eigenvalue weighted by atomic mass is 9.99. The summed E-state index contributed by atoms with van der Waals surface area (Å²) < 4.78 is 10.6. The van der Waals surface area contributed by atoms with E-state index in [1.807, 2.05) is 13.0 Å². The molecule has 130 valence electrons. The first-order valence-corrected chi connectivity index (χ1v) is 8.13. The van der Waals surface area contributed by atoms with Crippen LogP contribution >= 0.6 is 11.3 Å². The van der Waals surface area contributed by atoms with Gasteiger partial charge in [-0.1, -0.05) is 0 Å². The van der Waals surface area contributed by atoms with E-state index >= 15 is 0 Å². The van der Waals surface area contributed by atoms with Crippen LogP contribution in [0.1, 0.15) is 34.5 Å². The monoisotopic (exact) mass is 352 g/mol. The van der Waals surface area contributed by atoms with Crippen molar-refractivity contribution in [2.45, 2.75) is 32.7 Å². The molecule has 0 spiro atoms. The second-order valence-corrected chi connectivity index (χ2v) is 6.86. The largest absolute Gasteiger partial charge is 0.481 e. The number of rotatable bonds is 7. The third-order valence-electron chi connectivity index (χ3n) is 3.37. The van der Waals surface area contributed by atoms with Gasteiger partial charge in [-0.2, -0.15) is 0 Å². The van der Waals surface area contributed by atoms with Crippen LogP contribution in [0.3, 0.4) is 0 Å². The number of carboxylic acids is 1. The molecule has 0 aromatic carbocycles. The van der Waals surface area contributed by atoms with Gasteiger partial charge in [0.2, 0.25) is 0 Å². The fraction of sp³-hybridized carbons (Fsp3) is 0.438. The average Bonchev–Trinajstić information content (AvgIpc) is 3.03. The van der Waals surface area contributed by atoms with Crippen LogP contribution in [-0.4, -0.2) is 41.2 Å². The molecule has 1 amide bonds. The second-order valence-electron chi connectivity index (χ2n) is 5.86. The minimum atomic E-state index is -1.01. The van der Waals surface area contributed by atoms with Crippen molar-refractivity contribution in [3.05, 3.63) is 28.5 Å². The van der Waals surface area contributed by atoms with Crippen molar-refractivity contribution in [3.63, 3.8) is 0 Å². The van der Waals surface area contributed by atoms with Gasteiger partial charge < -0.3 is 19.6 Å². The quantitative estimate of drug-likeness (QED) is 0.794. The number of carbonyl (C=O) groups is 2. The molecule has 0 saturated carbocycles. The summed E-state index contributed by atoms with van der Waals surface area (Å²) >= 11 is 1.21. The Morgan fingerprint density at radius 1 is 1.42 bits per heavy atom. The summed E-state index contributed by atoms with van der Waals surface area (Å²) in [6.07, 6.45) is -0.241. The van der Waals surface area contributed by atoms with E-state index in [0.29, 0.717) is 21.3 Å². The number of amides is 1. The van der Waals surface area contributed by atoms with Gasteiger partial charge in [-0.25, -0.2) is 4.98 Å². The van der Waals surface area contributed by atoms with E-state index in [9.17, 15) is 9.59 Å². The highest BCUT2D eigenvalue weighted by Crippen LogP contribution is 2.29. The number of carbonyl (C=O) groups excluding carboxylic acids is 1. The number of nitrogens with zero attached hydrogens (tertiary/aromatic N) is 1. The Balaban J connectivity index is 2.23. The maximum atomic E-state index is 12.6. The lowest BCUT2D eigenvalue weighted by Gasteiger charge is -2.28.